The molecule has 0 aliphatic heterocycles. The Morgan fingerprint density at radius 3 is 2.21 bits per heavy atom. The highest BCUT2D eigenvalue weighted by Crippen LogP contribution is 2.69. The van der Waals surface area contributed by atoms with Gasteiger partial charge in [0.25, 0.3) is 0 Å². The zero-order valence-electron chi connectivity index (χ0n) is 19.8. The van der Waals surface area contributed by atoms with Gasteiger partial charge in [-0.05, 0) is 134 Å². The minimum atomic E-state index is 0.594. The van der Waals surface area contributed by atoms with Crippen LogP contribution in [-0.4, -0.2) is 0 Å². The number of hydrogen-bond donors (Lipinski definition) is 0. The summed E-state index contributed by atoms with van der Waals surface area (Å²) in [7, 11) is 0. The van der Waals surface area contributed by atoms with Gasteiger partial charge in [-0.25, -0.2) is 0 Å². The van der Waals surface area contributed by atoms with E-state index in [1.807, 2.05) is 0 Å². The van der Waals surface area contributed by atoms with Crippen molar-refractivity contribution in [1.29, 1.82) is 0 Å². The van der Waals surface area contributed by atoms with Crippen molar-refractivity contribution in [3.05, 3.63) is 0 Å². The summed E-state index contributed by atoms with van der Waals surface area (Å²) >= 11 is 0. The van der Waals surface area contributed by atoms with Crippen LogP contribution in [0.2, 0.25) is 0 Å². The van der Waals surface area contributed by atoms with Crippen molar-refractivity contribution in [3.63, 3.8) is 0 Å². The van der Waals surface area contributed by atoms with Crippen LogP contribution in [0, 0.1) is 70.0 Å². The Kier molecular flexibility index (Phi) is 4.81. The van der Waals surface area contributed by atoms with Gasteiger partial charge in [-0.2, -0.15) is 0 Å². The van der Waals surface area contributed by atoms with E-state index in [9.17, 15) is 0 Å². The van der Waals surface area contributed by atoms with Crippen LogP contribution < -0.4 is 0 Å². The third-order valence-corrected chi connectivity index (χ3v) is 11.7. The van der Waals surface area contributed by atoms with E-state index >= 15 is 0 Å². The Morgan fingerprint density at radius 1 is 0.750 bits per heavy atom. The minimum Gasteiger partial charge on any atom is -0.0625 e. The quantitative estimate of drug-likeness (QED) is 0.427. The van der Waals surface area contributed by atoms with Crippen LogP contribution >= 0.6 is 0 Å². The summed E-state index contributed by atoms with van der Waals surface area (Å²) in [4.78, 5) is 0. The van der Waals surface area contributed by atoms with E-state index in [2.05, 4.69) is 41.5 Å². The molecule has 0 N–H and O–H groups in total. The maximum absolute atomic E-state index is 2.80. The van der Waals surface area contributed by atoms with Crippen molar-refractivity contribution in [2.45, 2.75) is 106 Å². The molecule has 0 spiro atoms. The predicted octanol–water partition coefficient (Wildman–Crippen LogP) is 8.21. The van der Waals surface area contributed by atoms with Crippen molar-refractivity contribution in [3.8, 4) is 0 Å². The SMILES string of the molecule is CC1CC2C3CCC4C5C(CCC5C(C)C)CCC4(C)C3CCC2C(C)(C)C1. The average Bonchev–Trinajstić information content (AvgIpc) is 3.04. The molecule has 5 aliphatic carbocycles. The van der Waals surface area contributed by atoms with Crippen LogP contribution in [0.4, 0.5) is 0 Å². The highest BCUT2D eigenvalue weighted by molar-refractivity contribution is 5.10. The van der Waals surface area contributed by atoms with E-state index in [1.165, 1.54) is 6.42 Å². The first-order valence-electron chi connectivity index (χ1n) is 13.2. The fraction of sp³-hybridized carbons (Fsp3) is 1.00. The molecule has 0 nitrogen and oxygen atoms in total. The second-order valence-corrected chi connectivity index (χ2v) is 13.7. The monoisotopic (exact) mass is 384 g/mol. The molecule has 160 valence electrons. The normalized spacial score (nSPS) is 55.2. The Morgan fingerprint density at radius 2 is 1.46 bits per heavy atom. The number of hydrogen-bond acceptors (Lipinski definition) is 0. The standard InChI is InChI=1S/C28H48/c1-17(2)20-8-7-19-13-14-28(6)24-12-11-23-22(15-18(3)16-27(23,4)5)21(24)9-10-25(28)26(19)20/h17-26H,7-16H2,1-6H3. The van der Waals surface area contributed by atoms with Crippen LogP contribution in [0.25, 0.3) is 0 Å². The van der Waals surface area contributed by atoms with E-state index in [0.717, 1.165) is 59.2 Å². The lowest BCUT2D eigenvalue weighted by atomic mass is 9.41. The van der Waals surface area contributed by atoms with E-state index < -0.39 is 0 Å². The lowest BCUT2D eigenvalue weighted by Crippen LogP contribution is -2.57. The van der Waals surface area contributed by atoms with Gasteiger partial charge in [0.05, 0.1) is 0 Å². The molecule has 0 radical (unpaired) electrons. The van der Waals surface area contributed by atoms with Gasteiger partial charge >= 0.3 is 0 Å². The second kappa shape index (κ2) is 6.75. The largest absolute Gasteiger partial charge is 0.0625 e. The van der Waals surface area contributed by atoms with Crippen LogP contribution in [-0.2, 0) is 0 Å². The van der Waals surface area contributed by atoms with Crippen molar-refractivity contribution >= 4 is 0 Å². The molecule has 0 heterocycles. The molecule has 5 rings (SSSR count). The van der Waals surface area contributed by atoms with Crippen LogP contribution in [0.1, 0.15) is 106 Å². The van der Waals surface area contributed by atoms with E-state index in [1.54, 1.807) is 57.8 Å². The van der Waals surface area contributed by atoms with Crippen molar-refractivity contribution in [2.75, 3.05) is 0 Å². The number of fused-ring (bicyclic) bond motifs is 7. The molecule has 5 fully saturated rings. The van der Waals surface area contributed by atoms with Crippen LogP contribution in [0.5, 0.6) is 0 Å². The Balaban J connectivity index is 1.44. The van der Waals surface area contributed by atoms with Crippen molar-refractivity contribution < 1.29 is 0 Å². The van der Waals surface area contributed by atoms with Gasteiger partial charge < -0.3 is 0 Å². The molecule has 0 bridgehead atoms. The zero-order chi connectivity index (χ0) is 19.8. The van der Waals surface area contributed by atoms with Gasteiger partial charge in [0.15, 0.2) is 0 Å². The fourth-order valence-electron chi connectivity index (χ4n) is 10.9. The molecular formula is C28H48. The summed E-state index contributed by atoms with van der Waals surface area (Å²) < 4.78 is 0. The fourth-order valence-corrected chi connectivity index (χ4v) is 10.9. The summed E-state index contributed by atoms with van der Waals surface area (Å²) in [6.07, 6.45) is 15.6. The third kappa shape index (κ3) is 2.81. The van der Waals surface area contributed by atoms with E-state index in [-0.39, 0.29) is 0 Å². The van der Waals surface area contributed by atoms with Crippen LogP contribution in [0.3, 0.4) is 0 Å². The summed E-state index contributed by atoms with van der Waals surface area (Å²) in [5.41, 5.74) is 1.27. The lowest BCUT2D eigenvalue weighted by Gasteiger charge is -2.64. The van der Waals surface area contributed by atoms with E-state index in [4.69, 9.17) is 0 Å². The predicted molar refractivity (Wildman–Crippen MR) is 120 cm³/mol. The average molecular weight is 385 g/mol. The Bertz CT molecular complexity index is 587. The molecule has 0 aromatic rings. The van der Waals surface area contributed by atoms with Gasteiger partial charge in [-0.1, -0.05) is 41.5 Å². The Hall–Kier alpha value is 0. The topological polar surface area (TPSA) is 0 Å². The van der Waals surface area contributed by atoms with Crippen molar-refractivity contribution in [1.82, 2.24) is 0 Å². The molecule has 5 saturated carbocycles. The first-order chi connectivity index (χ1) is 13.2. The minimum absolute atomic E-state index is 0.594. The second-order valence-electron chi connectivity index (χ2n) is 13.7. The van der Waals surface area contributed by atoms with E-state index in [0.29, 0.717) is 10.8 Å². The lowest BCUT2D eigenvalue weighted by molar-refractivity contribution is -0.151. The molecule has 0 aromatic heterocycles. The first-order valence-corrected chi connectivity index (χ1v) is 13.2. The smallest absolute Gasteiger partial charge is 0.0264 e. The zero-order valence-corrected chi connectivity index (χ0v) is 19.8. The maximum Gasteiger partial charge on any atom is -0.0264 e. The number of rotatable bonds is 1. The van der Waals surface area contributed by atoms with Gasteiger partial charge in [0.2, 0.25) is 0 Å². The molecule has 28 heavy (non-hydrogen) atoms. The molecule has 10 atom stereocenters. The van der Waals surface area contributed by atoms with Gasteiger partial charge in [0.1, 0.15) is 0 Å². The highest BCUT2D eigenvalue weighted by atomic mass is 14.7. The van der Waals surface area contributed by atoms with Crippen molar-refractivity contribution in [2.24, 2.45) is 70.0 Å². The molecule has 0 aromatic carbocycles. The highest BCUT2D eigenvalue weighted by Gasteiger charge is 2.61. The maximum atomic E-state index is 2.80. The molecule has 0 heteroatoms. The van der Waals surface area contributed by atoms with Gasteiger partial charge in [0, 0.05) is 0 Å². The van der Waals surface area contributed by atoms with Crippen LogP contribution in [0.15, 0.2) is 0 Å². The summed E-state index contributed by atoms with van der Waals surface area (Å²) in [5.74, 6) is 10.3. The molecular weight excluding hydrogens is 336 g/mol. The first kappa shape index (κ1) is 19.9. The van der Waals surface area contributed by atoms with Gasteiger partial charge in [-0.3, -0.25) is 0 Å². The summed E-state index contributed by atoms with van der Waals surface area (Å²) in [6, 6.07) is 0. The molecule has 10 unspecified atom stereocenters. The summed E-state index contributed by atoms with van der Waals surface area (Å²) in [5, 5.41) is 0. The summed E-state index contributed by atoms with van der Waals surface area (Å²) in [6.45, 7) is 15.7. The Labute approximate surface area is 176 Å². The molecule has 5 aliphatic rings. The molecule has 0 amide bonds. The van der Waals surface area contributed by atoms with Gasteiger partial charge in [-0.15, -0.1) is 0 Å². The molecule has 0 saturated heterocycles. The third-order valence-electron chi connectivity index (χ3n) is 11.7.